The molecule has 114 valence electrons. The minimum Gasteiger partial charge on any atom is -0.487 e. The molecule has 2 rings (SSSR count). The normalized spacial score (nSPS) is 14.6. The first kappa shape index (κ1) is 16.0. The second-order valence-corrected chi connectivity index (χ2v) is 6.48. The van der Waals surface area contributed by atoms with Gasteiger partial charge in [-0.25, -0.2) is 0 Å². The third-order valence-corrected chi connectivity index (χ3v) is 4.63. The summed E-state index contributed by atoms with van der Waals surface area (Å²) < 4.78 is 7.54. The molecule has 0 bridgehead atoms. The number of aromatic nitrogens is 1. The topological polar surface area (TPSA) is 51.5 Å². The molecule has 0 atom stereocenters. The maximum atomic E-state index is 12.6. The first-order valence-electron chi connectivity index (χ1n) is 6.87. The van der Waals surface area contributed by atoms with Crippen LogP contribution in [0.15, 0.2) is 17.1 Å². The summed E-state index contributed by atoms with van der Waals surface area (Å²) in [5.74, 6) is 0.661. The first-order valence-corrected chi connectivity index (χ1v) is 8.26. The second-order valence-electron chi connectivity index (χ2n) is 4.75. The number of aryl methyl sites for hydroxylation is 1. The SMILES string of the molecule is CCCCOc1c(C(=O)N2CCSC2=S)ccn(C)c1=O. The molecule has 1 aliphatic rings. The average molecular weight is 326 g/mol. The number of nitrogens with zero attached hydrogens (tertiary/aromatic N) is 2. The van der Waals surface area contributed by atoms with E-state index in [1.165, 1.54) is 21.2 Å². The molecular formula is C14H18N2O3S2. The summed E-state index contributed by atoms with van der Waals surface area (Å²) in [7, 11) is 1.64. The lowest BCUT2D eigenvalue weighted by Gasteiger charge is -2.17. The fraction of sp³-hybridized carbons (Fsp3) is 0.500. The van der Waals surface area contributed by atoms with E-state index in [1.807, 2.05) is 6.92 Å². The number of thioether (sulfide) groups is 1. The Labute approximate surface area is 133 Å². The van der Waals surface area contributed by atoms with Gasteiger partial charge in [-0.3, -0.25) is 14.5 Å². The molecule has 7 heteroatoms. The zero-order valence-corrected chi connectivity index (χ0v) is 13.8. The number of rotatable bonds is 5. The van der Waals surface area contributed by atoms with Crippen molar-refractivity contribution in [1.29, 1.82) is 0 Å². The highest BCUT2D eigenvalue weighted by Gasteiger charge is 2.28. The monoisotopic (exact) mass is 326 g/mol. The van der Waals surface area contributed by atoms with Crippen LogP contribution < -0.4 is 10.3 Å². The highest BCUT2D eigenvalue weighted by molar-refractivity contribution is 8.23. The van der Waals surface area contributed by atoms with Crippen LogP contribution in [0.2, 0.25) is 0 Å². The molecule has 1 aromatic rings. The molecule has 0 radical (unpaired) electrons. The Bertz CT molecular complexity index is 613. The largest absolute Gasteiger partial charge is 0.487 e. The zero-order valence-electron chi connectivity index (χ0n) is 12.1. The van der Waals surface area contributed by atoms with Crippen molar-refractivity contribution in [3.63, 3.8) is 0 Å². The van der Waals surface area contributed by atoms with E-state index < -0.39 is 0 Å². The maximum Gasteiger partial charge on any atom is 0.293 e. The van der Waals surface area contributed by atoms with Crippen LogP contribution in [0.25, 0.3) is 0 Å². The van der Waals surface area contributed by atoms with E-state index >= 15 is 0 Å². The maximum absolute atomic E-state index is 12.6. The van der Waals surface area contributed by atoms with Crippen LogP contribution in [0.5, 0.6) is 5.75 Å². The Morgan fingerprint density at radius 3 is 2.90 bits per heavy atom. The molecule has 5 nitrogen and oxygen atoms in total. The Morgan fingerprint density at radius 2 is 2.29 bits per heavy atom. The van der Waals surface area contributed by atoms with Crippen molar-refractivity contribution in [3.8, 4) is 5.75 Å². The van der Waals surface area contributed by atoms with Gasteiger partial charge in [0.1, 0.15) is 4.32 Å². The number of hydrogen-bond donors (Lipinski definition) is 0. The summed E-state index contributed by atoms with van der Waals surface area (Å²) in [5.41, 5.74) is -0.00576. The van der Waals surface area contributed by atoms with Crippen molar-refractivity contribution in [3.05, 3.63) is 28.2 Å². The highest BCUT2D eigenvalue weighted by Crippen LogP contribution is 2.23. The van der Waals surface area contributed by atoms with E-state index in [2.05, 4.69) is 0 Å². The Morgan fingerprint density at radius 1 is 1.52 bits per heavy atom. The molecule has 0 spiro atoms. The van der Waals surface area contributed by atoms with E-state index in [-0.39, 0.29) is 17.2 Å². The smallest absolute Gasteiger partial charge is 0.293 e. The summed E-state index contributed by atoms with van der Waals surface area (Å²) >= 11 is 6.64. The summed E-state index contributed by atoms with van der Waals surface area (Å²) in [5, 5.41) is 0. The molecule has 1 amide bonds. The van der Waals surface area contributed by atoms with Gasteiger partial charge >= 0.3 is 0 Å². The molecule has 0 N–H and O–H groups in total. The molecule has 1 aromatic heterocycles. The van der Waals surface area contributed by atoms with E-state index in [0.717, 1.165) is 18.6 Å². The number of hydrogen-bond acceptors (Lipinski definition) is 5. The van der Waals surface area contributed by atoms with E-state index in [9.17, 15) is 9.59 Å². The van der Waals surface area contributed by atoms with Crippen LogP contribution in [0.3, 0.4) is 0 Å². The van der Waals surface area contributed by atoms with Gasteiger partial charge < -0.3 is 9.30 Å². The number of thiocarbonyl (C=S) groups is 1. The van der Waals surface area contributed by atoms with E-state index in [0.29, 0.717) is 23.0 Å². The average Bonchev–Trinajstić information content (AvgIpc) is 2.89. The molecule has 21 heavy (non-hydrogen) atoms. The third kappa shape index (κ3) is 3.47. The summed E-state index contributed by atoms with van der Waals surface area (Å²) in [4.78, 5) is 26.3. The van der Waals surface area contributed by atoms with Crippen molar-refractivity contribution in [2.75, 3.05) is 18.9 Å². The van der Waals surface area contributed by atoms with Crippen LogP contribution in [0.4, 0.5) is 0 Å². The summed E-state index contributed by atoms with van der Waals surface area (Å²) in [6, 6.07) is 1.62. The van der Waals surface area contributed by atoms with Gasteiger partial charge in [0.2, 0.25) is 0 Å². The van der Waals surface area contributed by atoms with Crippen molar-refractivity contribution >= 4 is 34.2 Å². The Hall–Kier alpha value is -1.34. The number of ether oxygens (including phenoxy) is 1. The molecule has 0 saturated carbocycles. The van der Waals surface area contributed by atoms with Gasteiger partial charge in [0.05, 0.1) is 12.2 Å². The third-order valence-electron chi connectivity index (χ3n) is 3.20. The minimum absolute atomic E-state index is 0.123. The van der Waals surface area contributed by atoms with Crippen molar-refractivity contribution in [1.82, 2.24) is 9.47 Å². The van der Waals surface area contributed by atoms with Crippen LogP contribution >= 0.6 is 24.0 Å². The van der Waals surface area contributed by atoms with Crippen LogP contribution in [-0.2, 0) is 7.05 Å². The molecule has 0 aliphatic carbocycles. The predicted molar refractivity (Wildman–Crippen MR) is 88.2 cm³/mol. The lowest BCUT2D eigenvalue weighted by atomic mass is 10.2. The number of carbonyl (C=O) groups is 1. The Kier molecular flexibility index (Phi) is 5.41. The van der Waals surface area contributed by atoms with E-state index in [1.54, 1.807) is 19.3 Å². The van der Waals surface area contributed by atoms with Crippen LogP contribution in [-0.4, -0.2) is 38.6 Å². The lowest BCUT2D eigenvalue weighted by molar-refractivity contribution is 0.0856. The number of unbranched alkanes of at least 4 members (excludes halogenated alkanes) is 1. The van der Waals surface area contributed by atoms with Crippen LogP contribution in [0.1, 0.15) is 30.1 Å². The quantitative estimate of drug-likeness (QED) is 0.612. The van der Waals surface area contributed by atoms with Gasteiger partial charge in [0.25, 0.3) is 11.5 Å². The van der Waals surface area contributed by atoms with Crippen molar-refractivity contribution < 1.29 is 9.53 Å². The standard InChI is InChI=1S/C14H18N2O3S2/c1-3-4-8-19-11-10(5-6-15(2)13(11)18)12(17)16-7-9-21-14(16)20/h5-6H,3-4,7-9H2,1-2H3. The summed E-state index contributed by atoms with van der Waals surface area (Å²) in [6.45, 7) is 3.04. The second kappa shape index (κ2) is 7.09. The lowest BCUT2D eigenvalue weighted by Crippen LogP contribution is -2.33. The number of amides is 1. The Balaban J connectivity index is 2.33. The van der Waals surface area contributed by atoms with Gasteiger partial charge in [0, 0.05) is 25.5 Å². The highest BCUT2D eigenvalue weighted by atomic mass is 32.2. The molecule has 0 unspecified atom stereocenters. The minimum atomic E-state index is -0.297. The first-order chi connectivity index (χ1) is 10.1. The summed E-state index contributed by atoms with van der Waals surface area (Å²) in [6.07, 6.45) is 3.38. The fourth-order valence-electron chi connectivity index (χ4n) is 1.95. The van der Waals surface area contributed by atoms with Gasteiger partial charge in [-0.05, 0) is 12.5 Å². The van der Waals surface area contributed by atoms with Gasteiger partial charge in [0.15, 0.2) is 5.75 Å². The predicted octanol–water partition coefficient (Wildman–Crippen LogP) is 2.04. The number of carbonyl (C=O) groups excluding carboxylic acids is 1. The fourth-order valence-corrected chi connectivity index (χ4v) is 3.16. The van der Waals surface area contributed by atoms with Crippen molar-refractivity contribution in [2.24, 2.45) is 7.05 Å². The zero-order chi connectivity index (χ0) is 15.4. The van der Waals surface area contributed by atoms with Crippen molar-refractivity contribution in [2.45, 2.75) is 19.8 Å². The van der Waals surface area contributed by atoms with Gasteiger partial charge in [-0.1, -0.05) is 37.3 Å². The molecule has 0 aromatic carbocycles. The van der Waals surface area contributed by atoms with E-state index in [4.69, 9.17) is 17.0 Å². The molecule has 1 saturated heterocycles. The van der Waals surface area contributed by atoms with Gasteiger partial charge in [-0.15, -0.1) is 0 Å². The molecule has 1 fully saturated rings. The number of pyridine rings is 1. The molecule has 2 heterocycles. The van der Waals surface area contributed by atoms with Gasteiger partial charge in [-0.2, -0.15) is 0 Å². The molecular weight excluding hydrogens is 308 g/mol. The molecule has 1 aliphatic heterocycles. The van der Waals surface area contributed by atoms with Crippen LogP contribution in [0, 0.1) is 0 Å².